The van der Waals surface area contributed by atoms with Crippen molar-refractivity contribution in [2.45, 2.75) is 63.8 Å². The van der Waals surface area contributed by atoms with Gasteiger partial charge >= 0.3 is 6.18 Å². The number of aryl methyl sites for hydroxylation is 1. The standard InChI is InChI=1S/C25H28F3N5O2/c1-13-16(6-4-7-18(13)25(26,27)28)14(2)30-22-17-12-33(15-9-10-15)24(35)21(19-8-5-11-29-19)20(17)23(34)32(3)31-22/h4,6-7,12,14-15,19,29H,5,8-11H2,1-3H3,(H,30,31)/t14-,19+/m1/s1. The zero-order valence-corrected chi connectivity index (χ0v) is 19.9. The van der Waals surface area contributed by atoms with E-state index in [2.05, 4.69) is 15.7 Å². The first-order chi connectivity index (χ1) is 16.6. The van der Waals surface area contributed by atoms with Crippen molar-refractivity contribution < 1.29 is 13.2 Å². The van der Waals surface area contributed by atoms with E-state index in [0.717, 1.165) is 38.3 Å². The molecule has 1 aromatic carbocycles. The molecule has 7 nitrogen and oxygen atoms in total. The maximum absolute atomic E-state index is 13.5. The number of hydrogen-bond donors (Lipinski definition) is 2. The number of aromatic nitrogens is 3. The molecule has 1 aliphatic heterocycles. The number of alkyl halides is 3. The number of anilines is 1. The number of rotatable bonds is 5. The van der Waals surface area contributed by atoms with Crippen LogP contribution in [0.4, 0.5) is 19.0 Å². The van der Waals surface area contributed by atoms with Gasteiger partial charge in [-0.05, 0) is 63.3 Å². The largest absolute Gasteiger partial charge is 0.416 e. The Labute approximate surface area is 200 Å². The number of nitrogens with zero attached hydrogens (tertiary/aromatic N) is 3. The van der Waals surface area contributed by atoms with Gasteiger partial charge in [0, 0.05) is 36.3 Å². The number of nitrogens with one attached hydrogen (secondary N) is 2. The lowest BCUT2D eigenvalue weighted by Gasteiger charge is -2.22. The van der Waals surface area contributed by atoms with Crippen LogP contribution in [0.3, 0.4) is 0 Å². The topological polar surface area (TPSA) is 81.0 Å². The first-order valence-corrected chi connectivity index (χ1v) is 11.9. The van der Waals surface area contributed by atoms with E-state index < -0.39 is 17.8 Å². The quantitative estimate of drug-likeness (QED) is 0.559. The van der Waals surface area contributed by atoms with Gasteiger partial charge in [-0.3, -0.25) is 9.59 Å². The molecule has 3 aromatic rings. The minimum Gasteiger partial charge on any atom is -0.362 e. The third kappa shape index (κ3) is 4.13. The smallest absolute Gasteiger partial charge is 0.362 e. The van der Waals surface area contributed by atoms with Crippen molar-refractivity contribution in [1.29, 1.82) is 0 Å². The van der Waals surface area contributed by atoms with Gasteiger partial charge in [-0.2, -0.15) is 18.3 Å². The molecule has 2 aromatic heterocycles. The summed E-state index contributed by atoms with van der Waals surface area (Å²) in [6.07, 6.45) is 0.689. The molecular formula is C25H28F3N5O2. The van der Waals surface area contributed by atoms with Crippen LogP contribution in [0.25, 0.3) is 10.8 Å². The second-order valence-corrected chi connectivity index (χ2v) is 9.58. The Morgan fingerprint density at radius 1 is 1.17 bits per heavy atom. The molecule has 0 bridgehead atoms. The number of pyridine rings is 1. The Morgan fingerprint density at radius 2 is 1.91 bits per heavy atom. The van der Waals surface area contributed by atoms with Crippen LogP contribution in [0, 0.1) is 6.92 Å². The molecule has 3 heterocycles. The summed E-state index contributed by atoms with van der Waals surface area (Å²) in [5.41, 5.74) is -0.121. The maximum Gasteiger partial charge on any atom is 0.416 e. The third-order valence-electron chi connectivity index (χ3n) is 7.13. The van der Waals surface area contributed by atoms with Gasteiger partial charge in [-0.1, -0.05) is 12.1 Å². The summed E-state index contributed by atoms with van der Waals surface area (Å²) in [6.45, 7) is 3.99. The van der Waals surface area contributed by atoms with Gasteiger partial charge < -0.3 is 15.2 Å². The van der Waals surface area contributed by atoms with E-state index >= 15 is 0 Å². The average molecular weight is 488 g/mol. The second kappa shape index (κ2) is 8.51. The van der Waals surface area contributed by atoms with Crippen LogP contribution in [-0.4, -0.2) is 20.9 Å². The predicted molar refractivity (Wildman–Crippen MR) is 128 cm³/mol. The van der Waals surface area contributed by atoms with Crippen LogP contribution in [0.2, 0.25) is 0 Å². The highest BCUT2D eigenvalue weighted by atomic mass is 19.4. The summed E-state index contributed by atoms with van der Waals surface area (Å²) in [7, 11) is 1.52. The summed E-state index contributed by atoms with van der Waals surface area (Å²) < 4.78 is 43.3. The van der Waals surface area contributed by atoms with Gasteiger partial charge in [0.2, 0.25) is 0 Å². The first kappa shape index (κ1) is 23.6. The Hall–Kier alpha value is -3.14. The van der Waals surface area contributed by atoms with Crippen molar-refractivity contribution in [3.63, 3.8) is 0 Å². The summed E-state index contributed by atoms with van der Waals surface area (Å²) in [5.74, 6) is 0.361. The van der Waals surface area contributed by atoms with Crippen LogP contribution in [0.15, 0.2) is 34.0 Å². The second-order valence-electron chi connectivity index (χ2n) is 9.58. The molecule has 2 atom stereocenters. The van der Waals surface area contributed by atoms with E-state index in [0.29, 0.717) is 27.7 Å². The molecule has 1 saturated heterocycles. The summed E-state index contributed by atoms with van der Waals surface area (Å²) in [5, 5.41) is 11.8. The van der Waals surface area contributed by atoms with Crippen molar-refractivity contribution in [1.82, 2.24) is 19.7 Å². The van der Waals surface area contributed by atoms with Gasteiger partial charge in [0.05, 0.1) is 17.0 Å². The first-order valence-electron chi connectivity index (χ1n) is 11.9. The van der Waals surface area contributed by atoms with Crippen molar-refractivity contribution in [2.75, 3.05) is 11.9 Å². The van der Waals surface area contributed by atoms with Crippen LogP contribution in [0.5, 0.6) is 0 Å². The summed E-state index contributed by atoms with van der Waals surface area (Å²) in [4.78, 5) is 26.7. The highest BCUT2D eigenvalue weighted by molar-refractivity contribution is 5.93. The van der Waals surface area contributed by atoms with Crippen molar-refractivity contribution in [3.8, 4) is 0 Å². The predicted octanol–water partition coefficient (Wildman–Crippen LogP) is 4.35. The summed E-state index contributed by atoms with van der Waals surface area (Å²) in [6, 6.07) is 3.46. The molecule has 0 amide bonds. The number of hydrogen-bond acceptors (Lipinski definition) is 5. The van der Waals surface area contributed by atoms with Gasteiger partial charge in [-0.15, -0.1) is 0 Å². The lowest BCUT2D eigenvalue weighted by molar-refractivity contribution is -0.138. The third-order valence-corrected chi connectivity index (χ3v) is 7.13. The Kier molecular flexibility index (Phi) is 5.74. The van der Waals surface area contributed by atoms with Gasteiger partial charge in [0.1, 0.15) is 0 Å². The van der Waals surface area contributed by atoms with Gasteiger partial charge in [-0.25, -0.2) is 4.68 Å². The van der Waals surface area contributed by atoms with Crippen molar-refractivity contribution >= 4 is 16.6 Å². The zero-order valence-electron chi connectivity index (χ0n) is 19.9. The highest BCUT2D eigenvalue weighted by Gasteiger charge is 2.34. The molecule has 10 heteroatoms. The molecule has 2 fully saturated rings. The fourth-order valence-corrected chi connectivity index (χ4v) is 5.17. The molecular weight excluding hydrogens is 459 g/mol. The average Bonchev–Trinajstić information content (AvgIpc) is 3.49. The van der Waals surface area contributed by atoms with Crippen molar-refractivity contribution in [2.24, 2.45) is 7.05 Å². The molecule has 1 saturated carbocycles. The number of halogens is 3. The molecule has 0 unspecified atom stereocenters. The molecule has 0 spiro atoms. The fraction of sp³-hybridized carbons (Fsp3) is 0.480. The van der Waals surface area contributed by atoms with Gasteiger partial charge in [0.25, 0.3) is 11.1 Å². The Morgan fingerprint density at radius 3 is 2.54 bits per heavy atom. The van der Waals surface area contributed by atoms with E-state index in [-0.39, 0.29) is 28.8 Å². The Bertz CT molecular complexity index is 1420. The van der Waals surface area contributed by atoms with Crippen LogP contribution in [-0.2, 0) is 13.2 Å². The van der Waals surface area contributed by atoms with E-state index in [4.69, 9.17) is 0 Å². The monoisotopic (exact) mass is 487 g/mol. The maximum atomic E-state index is 13.5. The normalized spacial score (nSPS) is 19.3. The molecule has 2 aliphatic rings. The molecule has 35 heavy (non-hydrogen) atoms. The highest BCUT2D eigenvalue weighted by Crippen LogP contribution is 2.38. The van der Waals surface area contributed by atoms with E-state index in [1.54, 1.807) is 23.8 Å². The molecule has 5 rings (SSSR count). The van der Waals surface area contributed by atoms with Crippen LogP contribution in [0.1, 0.15) is 73.0 Å². The number of fused-ring (bicyclic) bond motifs is 1. The lowest BCUT2D eigenvalue weighted by atomic mass is 9.97. The molecule has 186 valence electrons. The zero-order chi connectivity index (χ0) is 25.1. The number of benzene rings is 1. The molecule has 0 radical (unpaired) electrons. The molecule has 1 aliphatic carbocycles. The lowest BCUT2D eigenvalue weighted by Crippen LogP contribution is -2.33. The minimum atomic E-state index is -4.45. The molecule has 2 N–H and O–H groups in total. The minimum absolute atomic E-state index is 0.0899. The van der Waals surface area contributed by atoms with E-state index in [9.17, 15) is 22.8 Å². The van der Waals surface area contributed by atoms with E-state index in [1.165, 1.54) is 24.7 Å². The van der Waals surface area contributed by atoms with E-state index in [1.807, 2.05) is 0 Å². The SMILES string of the molecule is Cc1c([C@@H](C)Nc2nn(C)c(=O)c3c([C@@H]4CCCN4)c(=O)n(C4CC4)cc23)cccc1C(F)(F)F. The fourth-order valence-electron chi connectivity index (χ4n) is 5.17. The van der Waals surface area contributed by atoms with Gasteiger partial charge in [0.15, 0.2) is 5.82 Å². The Balaban J connectivity index is 1.67. The van der Waals surface area contributed by atoms with Crippen LogP contribution < -0.4 is 21.8 Å². The van der Waals surface area contributed by atoms with Crippen LogP contribution >= 0.6 is 0 Å². The van der Waals surface area contributed by atoms with Crippen molar-refractivity contribution in [3.05, 3.63) is 67.4 Å². The summed E-state index contributed by atoms with van der Waals surface area (Å²) >= 11 is 0.